The fraction of sp³-hybridized carbons (Fsp3) is 0.250. The van der Waals surface area contributed by atoms with Gasteiger partial charge in [-0.15, -0.1) is 0 Å². The molecule has 0 bridgehead atoms. The van der Waals surface area contributed by atoms with Crippen LogP contribution < -0.4 is 4.74 Å². The maximum atomic E-state index is 13.1. The monoisotopic (exact) mass is 419 g/mol. The Bertz CT molecular complexity index is 1150. The Morgan fingerprint density at radius 1 is 1.29 bits per heavy atom. The second-order valence-electron chi connectivity index (χ2n) is 7.64. The highest BCUT2D eigenvalue weighted by Crippen LogP contribution is 2.45. The Balaban J connectivity index is 1.89. The molecule has 3 aromatic rings. The number of aliphatic hydroxyl groups is 1. The first-order chi connectivity index (χ1) is 15.0. The van der Waals surface area contributed by atoms with Crippen LogP contribution in [0.25, 0.3) is 11.3 Å². The van der Waals surface area contributed by atoms with Crippen molar-refractivity contribution in [1.29, 1.82) is 0 Å². The smallest absolute Gasteiger partial charge is 0.273 e. The summed E-state index contributed by atoms with van der Waals surface area (Å²) in [7, 11) is 0. The van der Waals surface area contributed by atoms with Gasteiger partial charge >= 0.3 is 0 Å². The molecule has 4 rings (SSSR count). The van der Waals surface area contributed by atoms with E-state index in [9.17, 15) is 15.0 Å². The number of β-amino-alcohol motifs (C(OH)–C–C–N with tert-alkyl or cyclic N) is 1. The molecule has 2 heterocycles. The van der Waals surface area contributed by atoms with Crippen LogP contribution >= 0.6 is 0 Å². The number of carbonyl (C=O) groups excluding carboxylic acids is 1. The molecule has 1 aliphatic rings. The van der Waals surface area contributed by atoms with Gasteiger partial charge in [-0.25, -0.2) is 0 Å². The number of fused-ring (bicyclic) bond motifs is 1. The number of carbonyl (C=O) groups is 1. The predicted octanol–water partition coefficient (Wildman–Crippen LogP) is 3.50. The van der Waals surface area contributed by atoms with E-state index in [1.165, 1.54) is 0 Å². The number of aliphatic hydroxyl groups excluding tert-OH is 1. The Labute approximate surface area is 180 Å². The van der Waals surface area contributed by atoms with E-state index in [0.717, 1.165) is 16.7 Å². The number of amides is 1. The van der Waals surface area contributed by atoms with Gasteiger partial charge in [-0.2, -0.15) is 5.10 Å². The normalized spacial score (nSPS) is 15.3. The lowest BCUT2D eigenvalue weighted by Gasteiger charge is -2.26. The van der Waals surface area contributed by atoms with Crippen LogP contribution in [-0.4, -0.2) is 51.0 Å². The summed E-state index contributed by atoms with van der Waals surface area (Å²) in [5, 5.41) is 27.6. The first-order valence-corrected chi connectivity index (χ1v) is 10.1. The predicted molar refractivity (Wildman–Crippen MR) is 117 cm³/mol. The van der Waals surface area contributed by atoms with E-state index in [-0.39, 0.29) is 24.8 Å². The van der Waals surface area contributed by atoms with E-state index in [4.69, 9.17) is 4.74 Å². The summed E-state index contributed by atoms with van der Waals surface area (Å²) in [5.74, 6) is 0.547. The van der Waals surface area contributed by atoms with Crippen LogP contribution in [0.1, 0.15) is 38.8 Å². The molecule has 1 aliphatic heterocycles. The Morgan fingerprint density at radius 2 is 2.10 bits per heavy atom. The number of phenols is 1. The Kier molecular flexibility index (Phi) is 5.52. The molecule has 160 valence electrons. The minimum Gasteiger partial charge on any atom is -0.507 e. The van der Waals surface area contributed by atoms with Crippen molar-refractivity contribution < 1.29 is 19.7 Å². The number of H-pyrrole nitrogens is 1. The van der Waals surface area contributed by atoms with Gasteiger partial charge in [0.1, 0.15) is 29.5 Å². The average molecular weight is 419 g/mol. The lowest BCUT2D eigenvalue weighted by Crippen LogP contribution is -2.32. The van der Waals surface area contributed by atoms with Crippen LogP contribution in [-0.2, 0) is 0 Å². The van der Waals surface area contributed by atoms with Gasteiger partial charge in [-0.05, 0) is 48.7 Å². The number of ether oxygens (including phenoxy) is 1. The lowest BCUT2D eigenvalue weighted by atomic mass is 9.94. The number of nitrogens with one attached hydrogen (secondary N) is 1. The zero-order valence-corrected chi connectivity index (χ0v) is 17.6. The maximum absolute atomic E-state index is 13.1. The standard InChI is InChI=1S/C24H25N3O4/c1-4-10-31-17-7-5-6-16(13-17)22-19-20(18-12-14(2)11-15(3)23(18)29)25-26-21(19)24(30)27(22)8-9-28/h4-7,11-13,22,28-29H,1,8-10H2,2-3H3,(H,25,26). The minimum absolute atomic E-state index is 0.134. The molecular weight excluding hydrogens is 394 g/mol. The van der Waals surface area contributed by atoms with Crippen molar-refractivity contribution in [1.82, 2.24) is 15.1 Å². The largest absolute Gasteiger partial charge is 0.507 e. The van der Waals surface area contributed by atoms with E-state index in [0.29, 0.717) is 34.9 Å². The van der Waals surface area contributed by atoms with Crippen LogP contribution in [0.3, 0.4) is 0 Å². The van der Waals surface area contributed by atoms with Gasteiger partial charge in [0.25, 0.3) is 5.91 Å². The summed E-state index contributed by atoms with van der Waals surface area (Å²) in [6.45, 7) is 7.82. The summed E-state index contributed by atoms with van der Waals surface area (Å²) in [5.41, 5.74) is 4.68. The molecule has 0 radical (unpaired) electrons. The molecule has 0 fully saturated rings. The molecule has 7 heteroatoms. The highest BCUT2D eigenvalue weighted by Gasteiger charge is 2.42. The van der Waals surface area contributed by atoms with Crippen LogP contribution in [0.15, 0.2) is 49.1 Å². The molecule has 2 aromatic carbocycles. The number of hydrogen-bond donors (Lipinski definition) is 3. The van der Waals surface area contributed by atoms with Crippen molar-refractivity contribution in [3.63, 3.8) is 0 Å². The van der Waals surface area contributed by atoms with Crippen molar-refractivity contribution in [3.8, 4) is 22.8 Å². The molecule has 7 nitrogen and oxygen atoms in total. The number of aromatic nitrogens is 2. The molecule has 0 aliphatic carbocycles. The first-order valence-electron chi connectivity index (χ1n) is 10.1. The number of rotatable bonds is 7. The highest BCUT2D eigenvalue weighted by atomic mass is 16.5. The average Bonchev–Trinajstić information content (AvgIpc) is 3.29. The summed E-state index contributed by atoms with van der Waals surface area (Å²) >= 11 is 0. The number of phenolic OH excluding ortho intramolecular Hbond substituents is 1. The number of nitrogens with zero attached hydrogens (tertiary/aromatic N) is 2. The van der Waals surface area contributed by atoms with Crippen LogP contribution in [0.4, 0.5) is 0 Å². The van der Waals surface area contributed by atoms with Crippen molar-refractivity contribution in [2.45, 2.75) is 19.9 Å². The van der Waals surface area contributed by atoms with Gasteiger partial charge < -0.3 is 19.8 Å². The molecular formula is C24H25N3O4. The third-order valence-electron chi connectivity index (χ3n) is 5.45. The summed E-state index contributed by atoms with van der Waals surface area (Å²) in [4.78, 5) is 14.7. The fourth-order valence-electron chi connectivity index (χ4n) is 4.16. The second-order valence-corrected chi connectivity index (χ2v) is 7.64. The Morgan fingerprint density at radius 3 is 2.84 bits per heavy atom. The molecule has 0 saturated carbocycles. The molecule has 1 unspecified atom stereocenters. The van der Waals surface area contributed by atoms with Gasteiger partial charge in [-0.1, -0.05) is 30.9 Å². The maximum Gasteiger partial charge on any atom is 0.273 e. The topological polar surface area (TPSA) is 98.7 Å². The molecule has 1 amide bonds. The van der Waals surface area contributed by atoms with Crippen LogP contribution in [0.2, 0.25) is 0 Å². The van der Waals surface area contributed by atoms with Gasteiger partial charge in [0.15, 0.2) is 0 Å². The quantitative estimate of drug-likeness (QED) is 0.509. The second kappa shape index (κ2) is 8.28. The van der Waals surface area contributed by atoms with E-state index >= 15 is 0 Å². The lowest BCUT2D eigenvalue weighted by molar-refractivity contribution is 0.0706. The fourth-order valence-corrected chi connectivity index (χ4v) is 4.16. The molecule has 1 atom stereocenters. The van der Waals surface area contributed by atoms with Crippen molar-refractivity contribution in [3.05, 3.63) is 77.0 Å². The van der Waals surface area contributed by atoms with Gasteiger partial charge in [0, 0.05) is 17.7 Å². The Hall–Kier alpha value is -3.58. The third-order valence-corrected chi connectivity index (χ3v) is 5.45. The molecule has 31 heavy (non-hydrogen) atoms. The summed E-state index contributed by atoms with van der Waals surface area (Å²) in [6, 6.07) is 10.8. The molecule has 3 N–H and O–H groups in total. The molecule has 0 spiro atoms. The van der Waals surface area contributed by atoms with E-state index < -0.39 is 6.04 Å². The van der Waals surface area contributed by atoms with Crippen LogP contribution in [0, 0.1) is 13.8 Å². The number of aromatic amines is 1. The van der Waals surface area contributed by atoms with Crippen molar-refractivity contribution in [2.24, 2.45) is 0 Å². The van der Waals surface area contributed by atoms with Gasteiger partial charge in [0.2, 0.25) is 0 Å². The molecule has 0 saturated heterocycles. The van der Waals surface area contributed by atoms with Gasteiger partial charge in [0.05, 0.1) is 12.6 Å². The zero-order chi connectivity index (χ0) is 22.1. The van der Waals surface area contributed by atoms with Crippen molar-refractivity contribution >= 4 is 5.91 Å². The third kappa shape index (κ3) is 3.57. The van der Waals surface area contributed by atoms with Gasteiger partial charge in [-0.3, -0.25) is 9.89 Å². The van der Waals surface area contributed by atoms with Crippen LogP contribution in [0.5, 0.6) is 11.5 Å². The van der Waals surface area contributed by atoms with E-state index in [1.54, 1.807) is 11.0 Å². The summed E-state index contributed by atoms with van der Waals surface area (Å²) < 4.78 is 5.68. The van der Waals surface area contributed by atoms with E-state index in [1.807, 2.05) is 50.2 Å². The number of aryl methyl sites for hydroxylation is 2. The molecule has 1 aromatic heterocycles. The SMILES string of the molecule is C=CCOc1cccc(C2c3c(-c4cc(C)cc(C)c4O)n[nH]c3C(=O)N2CCO)c1. The number of aromatic hydroxyl groups is 1. The first kappa shape index (κ1) is 20.7. The van der Waals surface area contributed by atoms with Crippen molar-refractivity contribution in [2.75, 3.05) is 19.8 Å². The number of hydrogen-bond acceptors (Lipinski definition) is 5. The summed E-state index contributed by atoms with van der Waals surface area (Å²) in [6.07, 6.45) is 1.67. The zero-order valence-electron chi connectivity index (χ0n) is 17.6. The highest BCUT2D eigenvalue weighted by molar-refractivity contribution is 6.00. The minimum atomic E-state index is -0.476. The number of benzene rings is 2. The van der Waals surface area contributed by atoms with E-state index in [2.05, 4.69) is 16.8 Å².